The van der Waals surface area contributed by atoms with Crippen molar-refractivity contribution in [2.75, 3.05) is 39.4 Å². The molecule has 170 valence electrons. The number of nitrogens with zero attached hydrogens (tertiary/aromatic N) is 3. The molecule has 0 radical (unpaired) electrons. The number of ether oxygens (including phenoxy) is 2. The number of hydrogen-bond acceptors (Lipinski definition) is 7. The summed E-state index contributed by atoms with van der Waals surface area (Å²) in [6.07, 6.45) is 3.46. The Hall–Kier alpha value is -3.02. The van der Waals surface area contributed by atoms with Crippen molar-refractivity contribution in [2.45, 2.75) is 10.1 Å². The van der Waals surface area contributed by atoms with Crippen molar-refractivity contribution in [3.8, 4) is 17.2 Å². The lowest BCUT2D eigenvalue weighted by molar-refractivity contribution is -0.113. The van der Waals surface area contributed by atoms with Gasteiger partial charge in [-0.25, -0.2) is 17.7 Å². The molecule has 0 saturated heterocycles. The second-order valence-electron chi connectivity index (χ2n) is 6.77. The molecule has 1 N–H and O–H groups in total. The molecule has 1 amide bonds. The average molecular weight is 477 g/mol. The molecule has 0 atom stereocenters. The van der Waals surface area contributed by atoms with E-state index in [4.69, 9.17) is 9.47 Å². The van der Waals surface area contributed by atoms with Crippen molar-refractivity contribution in [1.82, 2.24) is 13.9 Å². The summed E-state index contributed by atoms with van der Waals surface area (Å²) in [7, 11) is 2.11. The molecule has 0 aliphatic rings. The van der Waals surface area contributed by atoms with Gasteiger partial charge < -0.3 is 14.8 Å². The highest BCUT2D eigenvalue weighted by atomic mass is 32.2. The molecule has 0 unspecified atom stereocenters. The van der Waals surface area contributed by atoms with Gasteiger partial charge in [0.25, 0.3) is 0 Å². The first-order valence-electron chi connectivity index (χ1n) is 9.47. The monoisotopic (exact) mass is 476 g/mol. The summed E-state index contributed by atoms with van der Waals surface area (Å²) in [5.41, 5.74) is 1.21. The van der Waals surface area contributed by atoms with Crippen LogP contribution in [0.15, 0.2) is 64.9 Å². The van der Waals surface area contributed by atoms with Crippen molar-refractivity contribution in [3.05, 3.63) is 54.9 Å². The van der Waals surface area contributed by atoms with E-state index in [-0.39, 0.29) is 22.3 Å². The number of rotatable bonds is 9. The lowest BCUT2D eigenvalue weighted by atomic mass is 10.3. The second-order valence-corrected chi connectivity index (χ2v) is 9.83. The molecule has 0 aliphatic carbocycles. The fourth-order valence-corrected chi connectivity index (χ4v) is 4.68. The number of amides is 1. The molecular formula is C21H24N4O5S2. The Morgan fingerprint density at radius 3 is 2.62 bits per heavy atom. The van der Waals surface area contributed by atoms with Gasteiger partial charge in [-0.1, -0.05) is 17.8 Å². The minimum Gasteiger partial charge on any atom is -0.497 e. The van der Waals surface area contributed by atoms with Gasteiger partial charge >= 0.3 is 0 Å². The van der Waals surface area contributed by atoms with Crippen molar-refractivity contribution in [3.63, 3.8) is 0 Å². The summed E-state index contributed by atoms with van der Waals surface area (Å²) < 4.78 is 38.5. The topological polar surface area (TPSA) is 103 Å². The minimum absolute atomic E-state index is 0.0241. The fraction of sp³-hybridized carbons (Fsp3) is 0.238. The van der Waals surface area contributed by atoms with Crippen LogP contribution in [0.1, 0.15) is 0 Å². The lowest BCUT2D eigenvalue weighted by Crippen LogP contribution is -2.23. The molecular weight excluding hydrogens is 452 g/mol. The largest absolute Gasteiger partial charge is 0.497 e. The maximum absolute atomic E-state index is 12.6. The van der Waals surface area contributed by atoms with E-state index in [1.165, 1.54) is 45.1 Å². The van der Waals surface area contributed by atoms with E-state index in [0.29, 0.717) is 16.6 Å². The maximum Gasteiger partial charge on any atom is 0.246 e. The first-order chi connectivity index (χ1) is 15.3. The minimum atomic E-state index is -3.74. The first kappa shape index (κ1) is 23.6. The van der Waals surface area contributed by atoms with Crippen molar-refractivity contribution in [2.24, 2.45) is 0 Å². The Morgan fingerprint density at radius 2 is 1.94 bits per heavy atom. The van der Waals surface area contributed by atoms with Gasteiger partial charge in [0.2, 0.25) is 15.9 Å². The lowest BCUT2D eigenvalue weighted by Gasteiger charge is -2.16. The van der Waals surface area contributed by atoms with Gasteiger partial charge in [-0.3, -0.25) is 9.36 Å². The number of nitrogens with one attached hydrogen (secondary N) is 1. The number of imidazole rings is 1. The number of thioether (sulfide) groups is 1. The summed E-state index contributed by atoms with van der Waals surface area (Å²) in [6.45, 7) is 0. The molecule has 9 nitrogen and oxygen atoms in total. The van der Waals surface area contributed by atoms with Crippen LogP contribution in [-0.4, -0.2) is 62.2 Å². The maximum atomic E-state index is 12.6. The van der Waals surface area contributed by atoms with Gasteiger partial charge in [0.1, 0.15) is 16.4 Å². The molecule has 3 aromatic rings. The molecule has 1 aromatic heterocycles. The van der Waals surface area contributed by atoms with E-state index in [0.717, 1.165) is 9.99 Å². The summed E-state index contributed by atoms with van der Waals surface area (Å²) in [5, 5.41) is 3.37. The molecule has 32 heavy (non-hydrogen) atoms. The van der Waals surface area contributed by atoms with Crippen molar-refractivity contribution in [1.29, 1.82) is 0 Å². The van der Waals surface area contributed by atoms with Crippen LogP contribution >= 0.6 is 11.8 Å². The summed E-state index contributed by atoms with van der Waals surface area (Å²) in [4.78, 5) is 16.8. The predicted octanol–water partition coefficient (Wildman–Crippen LogP) is 2.87. The van der Waals surface area contributed by atoms with Gasteiger partial charge in [-0.05, 0) is 30.3 Å². The normalized spacial score (nSPS) is 11.4. The number of carbonyl (C=O) groups excluding carboxylic acids is 1. The number of anilines is 1. The second kappa shape index (κ2) is 10.1. The van der Waals surface area contributed by atoms with E-state index < -0.39 is 10.0 Å². The summed E-state index contributed by atoms with van der Waals surface area (Å²) in [6, 6.07) is 12.0. The predicted molar refractivity (Wildman–Crippen MR) is 123 cm³/mol. The first-order valence-corrected chi connectivity index (χ1v) is 11.9. The number of hydrogen-bond donors (Lipinski definition) is 1. The molecule has 11 heteroatoms. The molecule has 0 spiro atoms. The highest BCUT2D eigenvalue weighted by Gasteiger charge is 2.23. The number of benzene rings is 2. The summed E-state index contributed by atoms with van der Waals surface area (Å²) >= 11 is 1.26. The van der Waals surface area contributed by atoms with E-state index in [9.17, 15) is 13.2 Å². The third kappa shape index (κ3) is 5.23. The molecule has 0 bridgehead atoms. The average Bonchev–Trinajstić information content (AvgIpc) is 3.26. The van der Waals surface area contributed by atoms with Crippen LogP contribution in [0.3, 0.4) is 0 Å². The smallest absolute Gasteiger partial charge is 0.246 e. The molecule has 0 fully saturated rings. The van der Waals surface area contributed by atoms with Crippen LogP contribution in [0.25, 0.3) is 5.69 Å². The molecule has 1 heterocycles. The molecule has 3 rings (SSSR count). The van der Waals surface area contributed by atoms with E-state index in [1.807, 2.05) is 28.8 Å². The Morgan fingerprint density at radius 1 is 1.16 bits per heavy atom. The van der Waals surface area contributed by atoms with Gasteiger partial charge in [0, 0.05) is 38.2 Å². The quantitative estimate of drug-likeness (QED) is 0.474. The van der Waals surface area contributed by atoms with Gasteiger partial charge in [0.05, 0.1) is 25.7 Å². The summed E-state index contributed by atoms with van der Waals surface area (Å²) in [5.74, 6) is 0.704. The van der Waals surface area contributed by atoms with E-state index in [1.54, 1.807) is 25.6 Å². The van der Waals surface area contributed by atoms with Gasteiger partial charge in [0.15, 0.2) is 5.16 Å². The van der Waals surface area contributed by atoms with Crippen molar-refractivity contribution >= 4 is 33.4 Å². The Labute approximate surface area is 191 Å². The third-order valence-electron chi connectivity index (χ3n) is 4.48. The SMILES string of the molecule is COc1cccc(-n2ccnc2SCC(=O)Nc2ccc(OC)c(S(=O)(=O)N(C)C)c2)c1. The van der Waals surface area contributed by atoms with Gasteiger partial charge in [-0.2, -0.15) is 0 Å². The number of sulfonamides is 1. The number of methoxy groups -OCH3 is 2. The highest BCUT2D eigenvalue weighted by Crippen LogP contribution is 2.29. The van der Waals surface area contributed by atoms with Gasteiger partial charge in [-0.15, -0.1) is 0 Å². The van der Waals surface area contributed by atoms with Crippen LogP contribution < -0.4 is 14.8 Å². The van der Waals surface area contributed by atoms with E-state index in [2.05, 4.69) is 10.3 Å². The third-order valence-corrected chi connectivity index (χ3v) is 7.28. The Balaban J connectivity index is 1.72. The van der Waals surface area contributed by atoms with Crippen LogP contribution in [0.4, 0.5) is 5.69 Å². The Kier molecular flexibility index (Phi) is 7.44. The fourth-order valence-electron chi connectivity index (χ4n) is 2.83. The zero-order valence-electron chi connectivity index (χ0n) is 18.1. The van der Waals surface area contributed by atoms with Crippen LogP contribution in [0.2, 0.25) is 0 Å². The highest BCUT2D eigenvalue weighted by molar-refractivity contribution is 7.99. The molecule has 0 aliphatic heterocycles. The van der Waals surface area contributed by atoms with Crippen LogP contribution in [0.5, 0.6) is 11.5 Å². The standard InChI is InChI=1S/C21H24N4O5S2/c1-24(2)32(27,28)19-12-15(8-9-18(19)30-4)23-20(26)14-31-21-22-10-11-25(21)16-6-5-7-17(13-16)29-3/h5-13H,14H2,1-4H3,(H,23,26). The number of aromatic nitrogens is 2. The molecule has 2 aromatic carbocycles. The number of carbonyl (C=O) groups is 1. The zero-order valence-corrected chi connectivity index (χ0v) is 19.7. The van der Waals surface area contributed by atoms with Crippen LogP contribution in [-0.2, 0) is 14.8 Å². The Bertz CT molecular complexity index is 1210. The zero-order chi connectivity index (χ0) is 23.3. The van der Waals surface area contributed by atoms with E-state index >= 15 is 0 Å². The van der Waals surface area contributed by atoms with Crippen LogP contribution in [0, 0.1) is 0 Å². The van der Waals surface area contributed by atoms with Crippen molar-refractivity contribution < 1.29 is 22.7 Å². The molecule has 0 saturated carbocycles.